The highest BCUT2D eigenvalue weighted by Crippen LogP contribution is 2.31. The molecule has 23 heavy (non-hydrogen) atoms. The number of aromatic nitrogens is 1. The summed E-state index contributed by atoms with van der Waals surface area (Å²) in [5.74, 6) is 0.763. The van der Waals surface area contributed by atoms with Crippen molar-refractivity contribution in [3.8, 4) is 23.1 Å². The molecule has 1 unspecified atom stereocenters. The van der Waals surface area contributed by atoms with Crippen LogP contribution in [0.5, 0.6) is 5.75 Å². The van der Waals surface area contributed by atoms with Gasteiger partial charge in [-0.1, -0.05) is 25.1 Å². The van der Waals surface area contributed by atoms with Gasteiger partial charge in [0, 0.05) is 17.2 Å². The van der Waals surface area contributed by atoms with Crippen LogP contribution >= 0.6 is 0 Å². The summed E-state index contributed by atoms with van der Waals surface area (Å²) in [6.07, 6.45) is 0.961. The largest absolute Gasteiger partial charge is 0.493 e. The van der Waals surface area contributed by atoms with E-state index in [-0.39, 0.29) is 18.0 Å². The molecule has 2 aromatic rings. The molecular weight excluding hydrogens is 288 g/mol. The predicted octanol–water partition coefficient (Wildman–Crippen LogP) is 3.95. The summed E-state index contributed by atoms with van der Waals surface area (Å²) in [6, 6.07) is 13.5. The Kier molecular flexibility index (Phi) is 5.59. The van der Waals surface area contributed by atoms with Crippen molar-refractivity contribution >= 4 is 0 Å². The Labute approximate surface area is 137 Å². The van der Waals surface area contributed by atoms with Gasteiger partial charge in [-0.3, -0.25) is 4.79 Å². The standard InChI is InChI=1S/C19H22N2O2/c1-4-14(3)21-17(11-10-15(12-13-20)19(21)22)16-8-6-7-9-18(16)23-5-2/h6-11,14H,4-5,12H2,1-3H3. The van der Waals surface area contributed by atoms with E-state index in [4.69, 9.17) is 10.00 Å². The van der Waals surface area contributed by atoms with Gasteiger partial charge in [0.1, 0.15) is 5.75 Å². The first-order chi connectivity index (χ1) is 11.1. The van der Waals surface area contributed by atoms with Gasteiger partial charge in [0.15, 0.2) is 0 Å². The third-order valence-electron chi connectivity index (χ3n) is 3.96. The fraction of sp³-hybridized carbons (Fsp3) is 0.368. The Hall–Kier alpha value is -2.54. The van der Waals surface area contributed by atoms with Crippen molar-refractivity contribution in [2.75, 3.05) is 6.61 Å². The van der Waals surface area contributed by atoms with Crippen LogP contribution in [0.15, 0.2) is 41.2 Å². The molecule has 1 heterocycles. The van der Waals surface area contributed by atoms with Gasteiger partial charge in [-0.05, 0) is 38.5 Å². The van der Waals surface area contributed by atoms with E-state index in [1.807, 2.05) is 51.1 Å². The Morgan fingerprint density at radius 3 is 2.61 bits per heavy atom. The van der Waals surface area contributed by atoms with Gasteiger partial charge < -0.3 is 9.30 Å². The lowest BCUT2D eigenvalue weighted by Crippen LogP contribution is -2.27. The summed E-state index contributed by atoms with van der Waals surface area (Å²) in [5.41, 5.74) is 2.17. The monoisotopic (exact) mass is 310 g/mol. The third-order valence-corrected chi connectivity index (χ3v) is 3.96. The minimum absolute atomic E-state index is 0.0471. The van der Waals surface area contributed by atoms with Gasteiger partial charge in [-0.25, -0.2) is 0 Å². The smallest absolute Gasteiger partial charge is 0.255 e. The van der Waals surface area contributed by atoms with E-state index in [9.17, 15) is 4.79 Å². The number of nitriles is 1. The quantitative estimate of drug-likeness (QED) is 0.811. The second-order valence-electron chi connectivity index (χ2n) is 5.44. The SMILES string of the molecule is CCOc1ccccc1-c1ccc(CC#N)c(=O)n1C(C)CC. The van der Waals surface area contributed by atoms with Crippen LogP contribution in [-0.2, 0) is 6.42 Å². The molecule has 120 valence electrons. The van der Waals surface area contributed by atoms with Crippen molar-refractivity contribution in [2.45, 2.75) is 39.7 Å². The van der Waals surface area contributed by atoms with Gasteiger partial charge in [0.05, 0.1) is 24.8 Å². The lowest BCUT2D eigenvalue weighted by Gasteiger charge is -2.21. The van der Waals surface area contributed by atoms with E-state index >= 15 is 0 Å². The third kappa shape index (κ3) is 3.45. The Morgan fingerprint density at radius 2 is 1.96 bits per heavy atom. The zero-order valence-corrected chi connectivity index (χ0v) is 13.9. The van der Waals surface area contributed by atoms with Gasteiger partial charge in [0.25, 0.3) is 5.56 Å². The number of benzene rings is 1. The van der Waals surface area contributed by atoms with E-state index in [1.165, 1.54) is 0 Å². The molecule has 0 saturated heterocycles. The lowest BCUT2D eigenvalue weighted by molar-refractivity contribution is 0.341. The Morgan fingerprint density at radius 1 is 1.22 bits per heavy atom. The molecule has 2 rings (SSSR count). The maximum atomic E-state index is 12.8. The maximum absolute atomic E-state index is 12.8. The molecule has 0 fully saturated rings. The van der Waals surface area contributed by atoms with Gasteiger partial charge in [-0.2, -0.15) is 5.26 Å². The summed E-state index contributed by atoms with van der Waals surface area (Å²) < 4.78 is 7.49. The maximum Gasteiger partial charge on any atom is 0.255 e. The highest BCUT2D eigenvalue weighted by atomic mass is 16.5. The van der Waals surface area contributed by atoms with Crippen LogP contribution in [0.3, 0.4) is 0 Å². The van der Waals surface area contributed by atoms with Crippen LogP contribution in [0, 0.1) is 11.3 Å². The Balaban J connectivity index is 2.70. The first kappa shape index (κ1) is 16.8. The molecular formula is C19H22N2O2. The van der Waals surface area contributed by atoms with E-state index in [0.717, 1.165) is 23.4 Å². The summed E-state index contributed by atoms with van der Waals surface area (Å²) in [7, 11) is 0. The zero-order valence-electron chi connectivity index (χ0n) is 13.9. The molecule has 0 spiro atoms. The van der Waals surface area contributed by atoms with Crippen molar-refractivity contribution in [2.24, 2.45) is 0 Å². The minimum Gasteiger partial charge on any atom is -0.493 e. The molecule has 0 N–H and O–H groups in total. The molecule has 0 aliphatic heterocycles. The first-order valence-corrected chi connectivity index (χ1v) is 7.97. The van der Waals surface area contributed by atoms with Crippen molar-refractivity contribution in [1.82, 2.24) is 4.57 Å². The summed E-state index contributed by atoms with van der Waals surface area (Å²) in [4.78, 5) is 12.8. The number of hydrogen-bond acceptors (Lipinski definition) is 3. The van der Waals surface area contributed by atoms with E-state index in [1.54, 1.807) is 10.6 Å². The molecule has 4 heteroatoms. The molecule has 4 nitrogen and oxygen atoms in total. The number of ether oxygens (including phenoxy) is 1. The van der Waals surface area contributed by atoms with E-state index < -0.39 is 0 Å². The zero-order chi connectivity index (χ0) is 16.8. The summed E-state index contributed by atoms with van der Waals surface area (Å²) in [5, 5.41) is 8.91. The number of hydrogen-bond donors (Lipinski definition) is 0. The topological polar surface area (TPSA) is 55.0 Å². The van der Waals surface area contributed by atoms with Gasteiger partial charge in [-0.15, -0.1) is 0 Å². The average molecular weight is 310 g/mol. The van der Waals surface area contributed by atoms with Crippen LogP contribution in [0.2, 0.25) is 0 Å². The minimum atomic E-state index is -0.0929. The molecule has 0 bridgehead atoms. The fourth-order valence-electron chi connectivity index (χ4n) is 2.61. The van der Waals surface area contributed by atoms with Crippen molar-refractivity contribution in [3.05, 3.63) is 52.3 Å². The van der Waals surface area contributed by atoms with Crippen LogP contribution < -0.4 is 10.3 Å². The number of para-hydroxylation sites is 1. The van der Waals surface area contributed by atoms with E-state index in [0.29, 0.717) is 12.2 Å². The van der Waals surface area contributed by atoms with E-state index in [2.05, 4.69) is 6.07 Å². The molecule has 1 aromatic heterocycles. The first-order valence-electron chi connectivity index (χ1n) is 7.97. The fourth-order valence-corrected chi connectivity index (χ4v) is 2.61. The van der Waals surface area contributed by atoms with Crippen LogP contribution in [0.25, 0.3) is 11.3 Å². The van der Waals surface area contributed by atoms with Gasteiger partial charge in [0.2, 0.25) is 0 Å². The van der Waals surface area contributed by atoms with Crippen LogP contribution in [0.4, 0.5) is 0 Å². The Bertz CT molecular complexity index is 772. The normalized spacial score (nSPS) is 11.7. The molecule has 0 aliphatic rings. The number of pyridine rings is 1. The van der Waals surface area contributed by atoms with Crippen molar-refractivity contribution in [3.63, 3.8) is 0 Å². The molecule has 1 atom stereocenters. The molecule has 0 saturated carbocycles. The molecule has 0 aliphatic carbocycles. The van der Waals surface area contributed by atoms with Crippen molar-refractivity contribution < 1.29 is 4.74 Å². The number of nitrogens with zero attached hydrogens (tertiary/aromatic N) is 2. The second kappa shape index (κ2) is 7.64. The number of rotatable bonds is 6. The second-order valence-corrected chi connectivity index (χ2v) is 5.44. The molecule has 1 aromatic carbocycles. The van der Waals surface area contributed by atoms with Gasteiger partial charge >= 0.3 is 0 Å². The van der Waals surface area contributed by atoms with Crippen LogP contribution in [-0.4, -0.2) is 11.2 Å². The molecule has 0 amide bonds. The van der Waals surface area contributed by atoms with Crippen LogP contribution in [0.1, 0.15) is 38.8 Å². The lowest BCUT2D eigenvalue weighted by atomic mass is 10.1. The predicted molar refractivity (Wildman–Crippen MR) is 91.6 cm³/mol. The highest BCUT2D eigenvalue weighted by Gasteiger charge is 2.17. The summed E-state index contributed by atoms with van der Waals surface area (Å²) >= 11 is 0. The molecule has 0 radical (unpaired) electrons. The summed E-state index contributed by atoms with van der Waals surface area (Å²) in [6.45, 7) is 6.57. The van der Waals surface area contributed by atoms with Crippen molar-refractivity contribution in [1.29, 1.82) is 5.26 Å². The average Bonchev–Trinajstić information content (AvgIpc) is 2.57. The highest BCUT2D eigenvalue weighted by molar-refractivity contribution is 5.68.